The molecule has 82 valence electrons. The van der Waals surface area contributed by atoms with E-state index in [0.717, 1.165) is 18.8 Å². The topological polar surface area (TPSA) is 46.9 Å². The van der Waals surface area contributed by atoms with Gasteiger partial charge >= 0.3 is 0 Å². The molecule has 0 radical (unpaired) electrons. The van der Waals surface area contributed by atoms with E-state index >= 15 is 0 Å². The summed E-state index contributed by atoms with van der Waals surface area (Å²) in [5.41, 5.74) is 0.889. The number of aromatic nitrogens is 2. The highest BCUT2D eigenvalue weighted by atomic mass is 16.1. The lowest BCUT2D eigenvalue weighted by Gasteiger charge is -2.25. The van der Waals surface area contributed by atoms with Crippen molar-refractivity contribution >= 4 is 5.78 Å². The molecule has 0 aliphatic carbocycles. The molecule has 15 heavy (non-hydrogen) atoms. The van der Waals surface area contributed by atoms with Crippen LogP contribution in [0.15, 0.2) is 12.3 Å². The van der Waals surface area contributed by atoms with Crippen LogP contribution in [0.25, 0.3) is 0 Å². The van der Waals surface area contributed by atoms with Gasteiger partial charge in [0, 0.05) is 31.2 Å². The minimum atomic E-state index is 0.217. The molecule has 2 heterocycles. The van der Waals surface area contributed by atoms with Crippen molar-refractivity contribution in [2.24, 2.45) is 5.92 Å². The lowest BCUT2D eigenvalue weighted by Crippen LogP contribution is -2.47. The largest absolute Gasteiger partial charge is 0.315 e. The maximum Gasteiger partial charge on any atom is 0.144 e. The van der Waals surface area contributed by atoms with Crippen molar-refractivity contribution < 1.29 is 4.79 Å². The molecule has 1 saturated heterocycles. The van der Waals surface area contributed by atoms with Gasteiger partial charge in [-0.15, -0.1) is 0 Å². The van der Waals surface area contributed by atoms with Crippen LogP contribution in [-0.4, -0.2) is 28.7 Å². The molecule has 0 saturated carbocycles. The Labute approximate surface area is 89.7 Å². The summed E-state index contributed by atoms with van der Waals surface area (Å²) in [5, 5.41) is 7.47. The normalized spacial score (nSPS) is 16.7. The van der Waals surface area contributed by atoms with Gasteiger partial charge in [0.05, 0.1) is 12.1 Å². The highest BCUT2D eigenvalue weighted by Crippen LogP contribution is 2.10. The number of nitrogens with one attached hydrogen (secondary N) is 1. The van der Waals surface area contributed by atoms with Crippen molar-refractivity contribution in [3.63, 3.8) is 0 Å². The van der Waals surface area contributed by atoms with E-state index < -0.39 is 0 Å². The Morgan fingerprint density at radius 3 is 2.87 bits per heavy atom. The van der Waals surface area contributed by atoms with E-state index in [1.165, 1.54) is 0 Å². The summed E-state index contributed by atoms with van der Waals surface area (Å²) in [6.07, 6.45) is 2.42. The highest BCUT2D eigenvalue weighted by molar-refractivity contribution is 5.84. The summed E-state index contributed by atoms with van der Waals surface area (Å²) in [6.45, 7) is 5.83. The number of carbonyl (C=O) groups is 1. The van der Waals surface area contributed by atoms with E-state index in [1.807, 2.05) is 16.9 Å². The van der Waals surface area contributed by atoms with Crippen LogP contribution in [0.3, 0.4) is 0 Å². The van der Waals surface area contributed by atoms with Crippen LogP contribution >= 0.6 is 0 Å². The van der Waals surface area contributed by atoms with Crippen LogP contribution in [0.2, 0.25) is 0 Å². The number of ketones is 1. The minimum absolute atomic E-state index is 0.217. The Hall–Kier alpha value is -1.16. The third-order valence-electron chi connectivity index (χ3n) is 2.78. The quantitative estimate of drug-likeness (QED) is 0.794. The maximum absolute atomic E-state index is 11.7. The molecule has 4 heteroatoms. The second-order valence-electron chi connectivity index (χ2n) is 4.38. The molecule has 0 spiro atoms. The van der Waals surface area contributed by atoms with E-state index in [-0.39, 0.29) is 5.92 Å². The van der Waals surface area contributed by atoms with E-state index in [1.54, 1.807) is 0 Å². The zero-order valence-electron chi connectivity index (χ0n) is 9.23. The monoisotopic (exact) mass is 207 g/mol. The molecule has 1 fully saturated rings. The van der Waals surface area contributed by atoms with Gasteiger partial charge in [0.15, 0.2) is 0 Å². The summed E-state index contributed by atoms with van der Waals surface area (Å²) in [5.74, 6) is 0.525. The van der Waals surface area contributed by atoms with Crippen molar-refractivity contribution in [2.75, 3.05) is 13.1 Å². The lowest BCUT2D eigenvalue weighted by molar-refractivity contribution is -0.123. The van der Waals surface area contributed by atoms with E-state index in [2.05, 4.69) is 24.3 Å². The average molecular weight is 207 g/mol. The second kappa shape index (κ2) is 4.14. The second-order valence-corrected chi connectivity index (χ2v) is 4.38. The Morgan fingerprint density at radius 1 is 1.67 bits per heavy atom. The Kier molecular flexibility index (Phi) is 2.86. The maximum atomic E-state index is 11.7. The molecular weight excluding hydrogens is 190 g/mol. The van der Waals surface area contributed by atoms with E-state index in [9.17, 15) is 4.79 Å². The predicted octanol–water partition coefficient (Wildman–Crippen LogP) is 0.795. The molecule has 1 aromatic rings. The van der Waals surface area contributed by atoms with Crippen molar-refractivity contribution in [3.05, 3.63) is 18.0 Å². The molecule has 0 atom stereocenters. The summed E-state index contributed by atoms with van der Waals surface area (Å²) in [6, 6.07) is 2.29. The van der Waals surface area contributed by atoms with Crippen molar-refractivity contribution in [3.8, 4) is 0 Å². The molecule has 1 aliphatic heterocycles. The Balaban J connectivity index is 1.95. The van der Waals surface area contributed by atoms with Crippen molar-refractivity contribution in [1.29, 1.82) is 0 Å². The van der Waals surface area contributed by atoms with Crippen molar-refractivity contribution in [1.82, 2.24) is 15.1 Å². The Morgan fingerprint density at radius 2 is 2.40 bits per heavy atom. The number of Topliss-reactive ketones (excluding diaryl/α,β-unsaturated/α-hetero) is 1. The first-order valence-electron chi connectivity index (χ1n) is 5.44. The molecule has 0 unspecified atom stereocenters. The van der Waals surface area contributed by atoms with Gasteiger partial charge in [-0.3, -0.25) is 9.48 Å². The summed E-state index contributed by atoms with van der Waals surface area (Å²) in [4.78, 5) is 11.7. The van der Waals surface area contributed by atoms with Gasteiger partial charge in [-0.1, -0.05) is 0 Å². The number of rotatable bonds is 4. The summed E-state index contributed by atoms with van der Waals surface area (Å²) in [7, 11) is 0. The van der Waals surface area contributed by atoms with Crippen LogP contribution in [-0.2, 0) is 11.2 Å². The van der Waals surface area contributed by atoms with Gasteiger partial charge in [0.1, 0.15) is 5.78 Å². The van der Waals surface area contributed by atoms with Gasteiger partial charge in [0.2, 0.25) is 0 Å². The standard InChI is InChI=1S/C11H17N3O/c1-8(2)14-4-3-10(13-14)5-11(15)9-6-12-7-9/h3-4,8-9,12H,5-7H2,1-2H3. The van der Waals surface area contributed by atoms with Crippen LogP contribution < -0.4 is 5.32 Å². The zero-order chi connectivity index (χ0) is 10.8. The van der Waals surface area contributed by atoms with Gasteiger partial charge in [-0.05, 0) is 19.9 Å². The fourth-order valence-electron chi connectivity index (χ4n) is 1.60. The van der Waals surface area contributed by atoms with Gasteiger partial charge < -0.3 is 5.32 Å². The van der Waals surface area contributed by atoms with Crippen molar-refractivity contribution in [2.45, 2.75) is 26.3 Å². The van der Waals surface area contributed by atoms with Crippen LogP contribution in [0.4, 0.5) is 0 Å². The fourth-order valence-corrected chi connectivity index (χ4v) is 1.60. The fraction of sp³-hybridized carbons (Fsp3) is 0.636. The minimum Gasteiger partial charge on any atom is -0.315 e. The van der Waals surface area contributed by atoms with Gasteiger partial charge in [0.25, 0.3) is 0 Å². The smallest absolute Gasteiger partial charge is 0.144 e. The number of carbonyl (C=O) groups excluding carboxylic acids is 1. The zero-order valence-corrected chi connectivity index (χ0v) is 9.23. The van der Waals surface area contributed by atoms with E-state index in [0.29, 0.717) is 18.2 Å². The third-order valence-corrected chi connectivity index (χ3v) is 2.78. The SMILES string of the molecule is CC(C)n1ccc(CC(=O)C2CNC2)n1. The molecule has 0 aromatic carbocycles. The van der Waals surface area contributed by atoms with Gasteiger partial charge in [-0.25, -0.2) is 0 Å². The molecule has 1 N–H and O–H groups in total. The lowest BCUT2D eigenvalue weighted by atomic mass is 9.95. The van der Waals surface area contributed by atoms with Crippen LogP contribution in [0, 0.1) is 5.92 Å². The predicted molar refractivity (Wildman–Crippen MR) is 57.7 cm³/mol. The number of hydrogen-bond acceptors (Lipinski definition) is 3. The Bertz CT molecular complexity index is 352. The summed E-state index contributed by atoms with van der Waals surface area (Å²) >= 11 is 0. The number of nitrogens with zero attached hydrogens (tertiary/aromatic N) is 2. The molecule has 0 amide bonds. The molecule has 1 aliphatic rings. The molecule has 2 rings (SSSR count). The van der Waals surface area contributed by atoms with Gasteiger partial charge in [-0.2, -0.15) is 5.10 Å². The van der Waals surface area contributed by atoms with Crippen LogP contribution in [0.1, 0.15) is 25.6 Å². The summed E-state index contributed by atoms with van der Waals surface area (Å²) < 4.78 is 1.89. The molecule has 1 aromatic heterocycles. The van der Waals surface area contributed by atoms with E-state index in [4.69, 9.17) is 0 Å². The third kappa shape index (κ3) is 2.26. The molecule has 4 nitrogen and oxygen atoms in total. The highest BCUT2D eigenvalue weighted by Gasteiger charge is 2.25. The first-order chi connectivity index (χ1) is 7.16. The first kappa shape index (κ1) is 10.4. The number of hydrogen-bond donors (Lipinski definition) is 1. The first-order valence-corrected chi connectivity index (χ1v) is 5.44. The molecular formula is C11H17N3O. The average Bonchev–Trinajstić information content (AvgIpc) is 2.48. The molecule has 0 bridgehead atoms. The van der Waals surface area contributed by atoms with Crippen LogP contribution in [0.5, 0.6) is 0 Å².